The van der Waals surface area contributed by atoms with Gasteiger partial charge in [0.05, 0.1) is 22.8 Å². The highest BCUT2D eigenvalue weighted by molar-refractivity contribution is 7.11. The Kier molecular flexibility index (Phi) is 3.84. The number of carbonyl (C=O) groups is 1. The lowest BCUT2D eigenvalue weighted by Crippen LogP contribution is -2.01. The second-order valence-electron chi connectivity index (χ2n) is 3.72. The smallest absolute Gasteiger partial charge is 0.335 e. The van der Waals surface area contributed by atoms with Crippen LogP contribution in [0.2, 0.25) is 5.02 Å². The fraction of sp³-hybridized carbons (Fsp3) is 0.167. The highest BCUT2D eigenvalue weighted by Gasteiger charge is 2.07. The van der Waals surface area contributed by atoms with Crippen LogP contribution in [0.15, 0.2) is 24.4 Å². The highest BCUT2D eigenvalue weighted by Crippen LogP contribution is 2.24. The van der Waals surface area contributed by atoms with Crippen LogP contribution in [0.4, 0.5) is 5.69 Å². The van der Waals surface area contributed by atoms with E-state index in [4.69, 9.17) is 16.7 Å². The molecule has 1 aromatic heterocycles. The normalized spacial score (nSPS) is 10.3. The molecule has 0 unspecified atom stereocenters. The number of aromatic carboxylic acids is 1. The fourth-order valence-electron chi connectivity index (χ4n) is 1.45. The summed E-state index contributed by atoms with van der Waals surface area (Å²) in [6.07, 6.45) is 1.82. The van der Waals surface area contributed by atoms with Crippen LogP contribution in [0.3, 0.4) is 0 Å². The molecule has 0 bridgehead atoms. The molecule has 0 aliphatic rings. The molecule has 0 aliphatic carbocycles. The maximum Gasteiger partial charge on any atom is 0.335 e. The summed E-state index contributed by atoms with van der Waals surface area (Å²) in [5.74, 6) is -0.987. The average molecular weight is 283 g/mol. The quantitative estimate of drug-likeness (QED) is 0.902. The SMILES string of the molecule is Cc1cnc(CNc2ccc(C(=O)O)cc2Cl)s1. The lowest BCUT2D eigenvalue weighted by atomic mass is 10.2. The Morgan fingerprint density at radius 2 is 2.33 bits per heavy atom. The molecule has 1 aromatic carbocycles. The van der Waals surface area contributed by atoms with Crippen molar-refractivity contribution in [3.05, 3.63) is 44.9 Å². The van der Waals surface area contributed by atoms with Crippen molar-refractivity contribution in [2.24, 2.45) is 0 Å². The third-order valence-electron chi connectivity index (χ3n) is 2.32. The number of aryl methyl sites for hydroxylation is 1. The predicted molar refractivity (Wildman–Crippen MR) is 72.6 cm³/mol. The molecule has 1 heterocycles. The molecule has 4 nitrogen and oxygen atoms in total. The van der Waals surface area contributed by atoms with Crippen LogP contribution in [-0.4, -0.2) is 16.1 Å². The molecule has 0 fully saturated rings. The number of anilines is 1. The van der Waals surface area contributed by atoms with Gasteiger partial charge in [-0.1, -0.05) is 11.6 Å². The van der Waals surface area contributed by atoms with Gasteiger partial charge in [-0.05, 0) is 25.1 Å². The van der Waals surface area contributed by atoms with Crippen LogP contribution in [0, 0.1) is 6.92 Å². The molecule has 0 saturated carbocycles. The zero-order chi connectivity index (χ0) is 13.1. The molecule has 0 atom stereocenters. The molecule has 2 rings (SSSR count). The van der Waals surface area contributed by atoms with E-state index >= 15 is 0 Å². The third-order valence-corrected chi connectivity index (χ3v) is 3.54. The van der Waals surface area contributed by atoms with Crippen molar-refractivity contribution in [2.45, 2.75) is 13.5 Å². The summed E-state index contributed by atoms with van der Waals surface area (Å²) < 4.78 is 0. The molecule has 2 aromatic rings. The van der Waals surface area contributed by atoms with Crippen LogP contribution in [0.1, 0.15) is 20.2 Å². The molecule has 0 saturated heterocycles. The number of rotatable bonds is 4. The van der Waals surface area contributed by atoms with E-state index in [-0.39, 0.29) is 5.56 Å². The molecule has 0 spiro atoms. The zero-order valence-electron chi connectivity index (χ0n) is 9.61. The van der Waals surface area contributed by atoms with Crippen LogP contribution in [0.25, 0.3) is 0 Å². The van der Waals surface area contributed by atoms with Gasteiger partial charge in [0.2, 0.25) is 0 Å². The largest absolute Gasteiger partial charge is 0.478 e. The second-order valence-corrected chi connectivity index (χ2v) is 5.44. The Morgan fingerprint density at radius 3 is 2.89 bits per heavy atom. The molecule has 18 heavy (non-hydrogen) atoms. The van der Waals surface area contributed by atoms with Crippen molar-refractivity contribution in [3.8, 4) is 0 Å². The standard InChI is InChI=1S/C12H11ClN2O2S/c1-7-5-15-11(18-7)6-14-10-3-2-8(12(16)17)4-9(10)13/h2-5,14H,6H2,1H3,(H,16,17). The molecule has 0 aliphatic heterocycles. The summed E-state index contributed by atoms with van der Waals surface area (Å²) in [4.78, 5) is 16.1. The lowest BCUT2D eigenvalue weighted by molar-refractivity contribution is 0.0697. The van der Waals surface area contributed by atoms with E-state index in [0.29, 0.717) is 17.3 Å². The van der Waals surface area contributed by atoms with Crippen molar-refractivity contribution < 1.29 is 9.90 Å². The van der Waals surface area contributed by atoms with Gasteiger partial charge in [-0.3, -0.25) is 0 Å². The number of halogens is 1. The van der Waals surface area contributed by atoms with Gasteiger partial charge >= 0.3 is 5.97 Å². The Bertz CT molecular complexity index is 583. The molecule has 2 N–H and O–H groups in total. The van der Waals surface area contributed by atoms with Gasteiger partial charge < -0.3 is 10.4 Å². The summed E-state index contributed by atoms with van der Waals surface area (Å²) in [5.41, 5.74) is 0.880. The number of benzene rings is 1. The predicted octanol–water partition coefficient (Wildman–Crippen LogP) is 3.42. The van der Waals surface area contributed by atoms with E-state index in [1.807, 2.05) is 13.1 Å². The minimum atomic E-state index is -0.987. The van der Waals surface area contributed by atoms with Crippen molar-refractivity contribution >= 4 is 34.6 Å². The molecule has 0 amide bonds. The lowest BCUT2D eigenvalue weighted by Gasteiger charge is -2.07. The van der Waals surface area contributed by atoms with Crippen molar-refractivity contribution in [3.63, 3.8) is 0 Å². The number of nitrogens with one attached hydrogen (secondary N) is 1. The summed E-state index contributed by atoms with van der Waals surface area (Å²) in [5, 5.41) is 13.3. The van der Waals surface area contributed by atoms with Gasteiger partial charge in [0.1, 0.15) is 5.01 Å². The first kappa shape index (κ1) is 12.9. The zero-order valence-corrected chi connectivity index (χ0v) is 11.2. The van der Waals surface area contributed by atoms with Gasteiger partial charge in [-0.2, -0.15) is 0 Å². The van der Waals surface area contributed by atoms with Crippen LogP contribution >= 0.6 is 22.9 Å². The van der Waals surface area contributed by atoms with E-state index in [2.05, 4.69) is 10.3 Å². The number of aromatic nitrogens is 1. The maximum absolute atomic E-state index is 10.8. The molecule has 0 radical (unpaired) electrons. The van der Waals surface area contributed by atoms with E-state index in [9.17, 15) is 4.79 Å². The fourth-order valence-corrected chi connectivity index (χ4v) is 2.42. The molecular formula is C12H11ClN2O2S. The highest BCUT2D eigenvalue weighted by atomic mass is 35.5. The van der Waals surface area contributed by atoms with Gasteiger partial charge in [-0.25, -0.2) is 9.78 Å². The monoisotopic (exact) mass is 282 g/mol. The van der Waals surface area contributed by atoms with Crippen molar-refractivity contribution in [2.75, 3.05) is 5.32 Å². The number of hydrogen-bond donors (Lipinski definition) is 2. The molecular weight excluding hydrogens is 272 g/mol. The number of nitrogens with zero attached hydrogens (tertiary/aromatic N) is 1. The Hall–Kier alpha value is -1.59. The minimum absolute atomic E-state index is 0.177. The summed E-state index contributed by atoms with van der Waals surface area (Å²) in [6.45, 7) is 2.57. The first-order valence-corrected chi connectivity index (χ1v) is 6.44. The van der Waals surface area contributed by atoms with Crippen LogP contribution in [-0.2, 0) is 6.54 Å². The van der Waals surface area contributed by atoms with Gasteiger partial charge in [0.25, 0.3) is 0 Å². The Morgan fingerprint density at radius 1 is 1.56 bits per heavy atom. The molecule has 94 valence electrons. The van der Waals surface area contributed by atoms with Crippen molar-refractivity contribution in [1.29, 1.82) is 0 Å². The average Bonchev–Trinajstić information content (AvgIpc) is 2.73. The number of carboxylic acids is 1. The first-order valence-electron chi connectivity index (χ1n) is 5.24. The Balaban J connectivity index is 2.08. The number of carboxylic acid groups (broad SMARTS) is 1. The minimum Gasteiger partial charge on any atom is -0.478 e. The van der Waals surface area contributed by atoms with Crippen LogP contribution in [0.5, 0.6) is 0 Å². The van der Waals surface area contributed by atoms with E-state index in [1.54, 1.807) is 17.4 Å². The van der Waals surface area contributed by atoms with Crippen LogP contribution < -0.4 is 5.32 Å². The van der Waals surface area contributed by atoms with E-state index in [0.717, 1.165) is 9.88 Å². The summed E-state index contributed by atoms with van der Waals surface area (Å²) >= 11 is 7.61. The van der Waals surface area contributed by atoms with Gasteiger partial charge in [0, 0.05) is 11.1 Å². The van der Waals surface area contributed by atoms with E-state index < -0.39 is 5.97 Å². The molecule has 6 heteroatoms. The number of thiazole rings is 1. The summed E-state index contributed by atoms with van der Waals surface area (Å²) in [7, 11) is 0. The first-order chi connectivity index (χ1) is 8.56. The Labute approximate surface area is 113 Å². The summed E-state index contributed by atoms with van der Waals surface area (Å²) in [6, 6.07) is 4.61. The third kappa shape index (κ3) is 3.00. The topological polar surface area (TPSA) is 62.2 Å². The van der Waals surface area contributed by atoms with E-state index in [1.165, 1.54) is 12.1 Å². The number of hydrogen-bond acceptors (Lipinski definition) is 4. The second kappa shape index (κ2) is 5.37. The van der Waals surface area contributed by atoms with Crippen molar-refractivity contribution in [1.82, 2.24) is 4.98 Å². The van der Waals surface area contributed by atoms with Gasteiger partial charge in [0.15, 0.2) is 0 Å². The maximum atomic E-state index is 10.8. The van der Waals surface area contributed by atoms with Gasteiger partial charge in [-0.15, -0.1) is 11.3 Å².